The molecule has 4 atom stereocenters. The molecule has 0 radical (unpaired) electrons. The summed E-state index contributed by atoms with van der Waals surface area (Å²) in [6.07, 6.45) is -4.54. The van der Waals surface area contributed by atoms with Gasteiger partial charge in [-0.05, 0) is 36.2 Å². The van der Waals surface area contributed by atoms with Gasteiger partial charge in [-0.2, -0.15) is 17.5 Å². The number of ether oxygens (including phenoxy) is 1. The van der Waals surface area contributed by atoms with Crippen LogP contribution in [0, 0.1) is 11.8 Å². The molecule has 0 saturated carbocycles. The lowest BCUT2D eigenvalue weighted by molar-refractivity contribution is -0.154. The van der Waals surface area contributed by atoms with Crippen molar-refractivity contribution < 1.29 is 40.7 Å². The van der Waals surface area contributed by atoms with Gasteiger partial charge in [0.15, 0.2) is 0 Å². The van der Waals surface area contributed by atoms with E-state index in [2.05, 4.69) is 5.32 Å². The Kier molecular flexibility index (Phi) is 8.12. The highest BCUT2D eigenvalue weighted by atomic mass is 32.2. The maximum Gasteiger partial charge on any atom is 0.416 e. The van der Waals surface area contributed by atoms with Crippen LogP contribution in [-0.4, -0.2) is 67.2 Å². The normalized spacial score (nSPS) is 25.0. The van der Waals surface area contributed by atoms with Gasteiger partial charge in [0.2, 0.25) is 21.8 Å². The van der Waals surface area contributed by atoms with Crippen LogP contribution < -0.4 is 5.32 Å². The molecule has 216 valence electrons. The first kappa shape index (κ1) is 29.7. The van der Waals surface area contributed by atoms with Gasteiger partial charge in [-0.1, -0.05) is 44.2 Å². The molecule has 2 saturated heterocycles. The number of imide groups is 1. The Hall–Kier alpha value is -3.29. The Bertz CT molecular complexity index is 1380. The summed E-state index contributed by atoms with van der Waals surface area (Å²) in [5.74, 6) is -4.04. The zero-order valence-electron chi connectivity index (χ0n) is 22.1. The van der Waals surface area contributed by atoms with E-state index in [0.717, 1.165) is 21.3 Å². The highest BCUT2D eigenvalue weighted by molar-refractivity contribution is 7.89. The second-order valence-electron chi connectivity index (χ2n) is 9.80. The van der Waals surface area contributed by atoms with Crippen molar-refractivity contribution >= 4 is 27.8 Å². The van der Waals surface area contributed by atoms with Crippen LogP contribution in [0.1, 0.15) is 31.4 Å². The molecule has 2 aromatic rings. The predicted molar refractivity (Wildman–Crippen MR) is 137 cm³/mol. The molecular weight excluding hydrogens is 551 g/mol. The van der Waals surface area contributed by atoms with Gasteiger partial charge in [0, 0.05) is 19.1 Å². The van der Waals surface area contributed by atoms with Gasteiger partial charge in [0.05, 0.1) is 35.9 Å². The van der Waals surface area contributed by atoms with Crippen molar-refractivity contribution in [2.75, 3.05) is 20.2 Å². The summed E-state index contributed by atoms with van der Waals surface area (Å²) in [6.45, 7) is 2.81. The molecule has 2 amide bonds. The van der Waals surface area contributed by atoms with Crippen LogP contribution in [-0.2, 0) is 41.9 Å². The first-order valence-electron chi connectivity index (χ1n) is 12.7. The number of carbonyl (C=O) groups excluding carboxylic acids is 3. The molecule has 9 nitrogen and oxygen atoms in total. The van der Waals surface area contributed by atoms with E-state index in [1.807, 2.05) is 0 Å². The van der Waals surface area contributed by atoms with E-state index in [9.17, 15) is 36.0 Å². The fourth-order valence-corrected chi connectivity index (χ4v) is 7.16. The fourth-order valence-electron chi connectivity index (χ4n) is 5.68. The van der Waals surface area contributed by atoms with Gasteiger partial charge < -0.3 is 4.74 Å². The van der Waals surface area contributed by atoms with Gasteiger partial charge >= 0.3 is 12.1 Å². The molecule has 0 aliphatic carbocycles. The molecule has 4 rings (SSSR count). The molecule has 2 aromatic carbocycles. The second kappa shape index (κ2) is 10.9. The van der Waals surface area contributed by atoms with E-state index in [-0.39, 0.29) is 31.0 Å². The molecular formula is C27H30F3N3O6S. The monoisotopic (exact) mass is 581 g/mol. The molecule has 2 aliphatic heterocycles. The van der Waals surface area contributed by atoms with E-state index in [1.54, 1.807) is 44.2 Å². The Morgan fingerprint density at radius 3 is 2.20 bits per heavy atom. The number of amides is 2. The van der Waals surface area contributed by atoms with Gasteiger partial charge in [-0.15, -0.1) is 0 Å². The predicted octanol–water partition coefficient (Wildman–Crippen LogP) is 2.81. The molecule has 1 N–H and O–H groups in total. The number of likely N-dealkylation sites (tertiary alicyclic amines) is 1. The van der Waals surface area contributed by atoms with Crippen LogP contribution in [0.15, 0.2) is 59.5 Å². The topological polar surface area (TPSA) is 113 Å². The lowest BCUT2D eigenvalue weighted by atomic mass is 9.78. The van der Waals surface area contributed by atoms with Crippen LogP contribution >= 0.6 is 0 Å². The summed E-state index contributed by atoms with van der Waals surface area (Å²) in [7, 11) is -3.13. The molecule has 2 fully saturated rings. The minimum atomic E-state index is -4.63. The van der Waals surface area contributed by atoms with Crippen LogP contribution in [0.5, 0.6) is 0 Å². The van der Waals surface area contributed by atoms with Gasteiger partial charge in [0.1, 0.15) is 5.54 Å². The summed E-state index contributed by atoms with van der Waals surface area (Å²) >= 11 is 0. The molecule has 0 bridgehead atoms. The van der Waals surface area contributed by atoms with E-state index in [4.69, 9.17) is 4.74 Å². The zero-order valence-corrected chi connectivity index (χ0v) is 23.0. The van der Waals surface area contributed by atoms with Crippen molar-refractivity contribution in [1.29, 1.82) is 0 Å². The maximum absolute atomic E-state index is 13.7. The van der Waals surface area contributed by atoms with Crippen molar-refractivity contribution in [2.45, 2.75) is 49.5 Å². The third-order valence-electron chi connectivity index (χ3n) is 7.71. The lowest BCUT2D eigenvalue weighted by Crippen LogP contribution is -2.58. The average Bonchev–Trinajstić information content (AvgIpc) is 3.40. The number of methoxy groups -OCH3 is 1. The third-order valence-corrected chi connectivity index (χ3v) is 9.67. The largest absolute Gasteiger partial charge is 0.468 e. The number of fused-ring (bicyclic) bond motifs is 1. The van der Waals surface area contributed by atoms with Crippen LogP contribution in [0.25, 0.3) is 0 Å². The fraction of sp³-hybridized carbons (Fsp3) is 0.444. The number of hydrogen-bond acceptors (Lipinski definition) is 7. The number of halogens is 3. The number of hydrogen-bond donors (Lipinski definition) is 1. The van der Waals surface area contributed by atoms with E-state index < -0.39 is 63.0 Å². The van der Waals surface area contributed by atoms with E-state index in [1.165, 1.54) is 7.11 Å². The summed E-state index contributed by atoms with van der Waals surface area (Å²) in [4.78, 5) is 41.2. The maximum atomic E-state index is 13.7. The number of nitrogens with one attached hydrogen (secondary N) is 1. The number of benzene rings is 2. The average molecular weight is 582 g/mol. The van der Waals surface area contributed by atoms with E-state index >= 15 is 0 Å². The smallest absolute Gasteiger partial charge is 0.416 e. The van der Waals surface area contributed by atoms with Gasteiger partial charge in [-0.3, -0.25) is 24.6 Å². The molecule has 2 aliphatic rings. The summed E-state index contributed by atoms with van der Waals surface area (Å²) in [6, 6.07) is 11.0. The standard InChI is InChI=1S/C27H30F3N3O6S/c1-4-26(25(36)39-3)22-21(23(34)33(24(22)35)15-17-9-7-6-8-10-17)20(31-26)16-32(5-2)40(37,38)19-13-11-18(12-14-19)27(28,29)30/h6-14,20-22,31H,4-5,15-16H2,1-3H3/t20-,21+,22-,26-/m1/s1. The highest BCUT2D eigenvalue weighted by Gasteiger charge is 2.68. The number of alkyl halides is 3. The van der Waals surface area contributed by atoms with Crippen molar-refractivity contribution in [1.82, 2.24) is 14.5 Å². The molecule has 0 spiro atoms. The molecule has 0 unspecified atom stereocenters. The highest BCUT2D eigenvalue weighted by Crippen LogP contribution is 2.46. The Balaban J connectivity index is 1.69. The van der Waals surface area contributed by atoms with Gasteiger partial charge in [0.25, 0.3) is 0 Å². The van der Waals surface area contributed by atoms with Crippen LogP contribution in [0.2, 0.25) is 0 Å². The van der Waals surface area contributed by atoms with Crippen molar-refractivity contribution in [2.24, 2.45) is 11.8 Å². The molecule has 40 heavy (non-hydrogen) atoms. The minimum absolute atomic E-state index is 0.0134. The van der Waals surface area contributed by atoms with Gasteiger partial charge in [-0.25, -0.2) is 8.42 Å². The first-order chi connectivity index (χ1) is 18.8. The number of carbonyl (C=O) groups is 3. The Labute approximate surface area is 230 Å². The van der Waals surface area contributed by atoms with Crippen LogP contribution in [0.4, 0.5) is 13.2 Å². The molecule has 0 aromatic heterocycles. The lowest BCUT2D eigenvalue weighted by Gasteiger charge is -2.32. The van der Waals surface area contributed by atoms with Crippen molar-refractivity contribution in [3.05, 3.63) is 65.7 Å². The third kappa shape index (κ3) is 5.01. The first-order valence-corrected chi connectivity index (χ1v) is 14.2. The molecule has 13 heteroatoms. The number of esters is 1. The molecule has 2 heterocycles. The quantitative estimate of drug-likeness (QED) is 0.358. The number of likely N-dealkylation sites (N-methyl/N-ethyl adjacent to an activating group) is 1. The number of nitrogens with zero attached hydrogens (tertiary/aromatic N) is 2. The number of rotatable bonds is 9. The Morgan fingerprint density at radius 1 is 1.05 bits per heavy atom. The minimum Gasteiger partial charge on any atom is -0.468 e. The SMILES string of the molecule is CCN(C[C@H]1N[C@@](CC)(C(=O)OC)[C@H]2C(=O)N(Cc3ccccc3)C(=O)[C@@H]12)S(=O)(=O)c1ccc(C(F)(F)F)cc1. The second-order valence-corrected chi connectivity index (χ2v) is 11.7. The zero-order chi connectivity index (χ0) is 29.5. The van der Waals surface area contributed by atoms with Crippen molar-refractivity contribution in [3.8, 4) is 0 Å². The van der Waals surface area contributed by atoms with Crippen LogP contribution in [0.3, 0.4) is 0 Å². The Morgan fingerprint density at radius 2 is 1.68 bits per heavy atom. The van der Waals surface area contributed by atoms with Crippen molar-refractivity contribution in [3.63, 3.8) is 0 Å². The number of sulfonamides is 1. The van der Waals surface area contributed by atoms with E-state index in [0.29, 0.717) is 17.7 Å². The summed E-state index contributed by atoms with van der Waals surface area (Å²) in [5.41, 5.74) is -1.86. The summed E-state index contributed by atoms with van der Waals surface area (Å²) in [5, 5.41) is 3.07. The summed E-state index contributed by atoms with van der Waals surface area (Å²) < 4.78 is 71.9.